The Hall–Kier alpha value is -1.60. The molecule has 2 N–H and O–H groups in total. The second-order valence-electron chi connectivity index (χ2n) is 3.51. The topological polar surface area (TPSA) is 26.0 Å². The summed E-state index contributed by atoms with van der Waals surface area (Å²) in [5.74, 6) is 0. The van der Waals surface area contributed by atoms with Gasteiger partial charge in [-0.3, -0.25) is 0 Å². The van der Waals surface area contributed by atoms with Crippen LogP contribution in [0.3, 0.4) is 0 Å². The van der Waals surface area contributed by atoms with E-state index in [1.165, 1.54) is 0 Å². The maximum Gasteiger partial charge on any atom is 0.0371 e. The largest absolute Gasteiger partial charge is 0.323 e. The van der Waals surface area contributed by atoms with Crippen LogP contribution in [0.15, 0.2) is 60.7 Å². The van der Waals surface area contributed by atoms with Gasteiger partial charge in [-0.25, -0.2) is 0 Å². The van der Waals surface area contributed by atoms with E-state index in [9.17, 15) is 0 Å². The lowest BCUT2D eigenvalue weighted by Gasteiger charge is -2.11. The third-order valence-electron chi connectivity index (χ3n) is 2.36. The van der Waals surface area contributed by atoms with Crippen LogP contribution in [0.25, 0.3) is 0 Å². The maximum atomic E-state index is 6.07. The van der Waals surface area contributed by atoms with Crippen molar-refractivity contribution in [2.24, 2.45) is 5.73 Å². The van der Waals surface area contributed by atoms with Crippen molar-refractivity contribution in [2.75, 3.05) is 0 Å². The number of benzene rings is 2. The monoisotopic (exact) mass is 196 g/mol. The standard InChI is InChI=1S/C14H14N/c15-14(13-9-5-2-6-10-13)11-12-7-3-1-4-8-12/h1-11,14H,15H2/t14-/m1/s1. The molecule has 75 valence electrons. The summed E-state index contributed by atoms with van der Waals surface area (Å²) >= 11 is 0. The average Bonchev–Trinajstić information content (AvgIpc) is 2.31. The van der Waals surface area contributed by atoms with E-state index in [2.05, 4.69) is 18.6 Å². The van der Waals surface area contributed by atoms with E-state index >= 15 is 0 Å². The highest BCUT2D eigenvalue weighted by molar-refractivity contribution is 5.30. The van der Waals surface area contributed by atoms with Crippen LogP contribution in [0.4, 0.5) is 0 Å². The lowest BCUT2D eigenvalue weighted by atomic mass is 10.00. The van der Waals surface area contributed by atoms with Gasteiger partial charge in [-0.1, -0.05) is 60.7 Å². The zero-order valence-electron chi connectivity index (χ0n) is 8.51. The first kappa shape index (κ1) is 9.94. The molecule has 0 aliphatic heterocycles. The summed E-state index contributed by atoms with van der Waals surface area (Å²) in [6.45, 7) is 0. The number of hydrogen-bond acceptors (Lipinski definition) is 1. The molecule has 0 aliphatic carbocycles. The van der Waals surface area contributed by atoms with Crippen LogP contribution in [0.1, 0.15) is 17.2 Å². The molecule has 2 aromatic rings. The van der Waals surface area contributed by atoms with Crippen molar-refractivity contribution in [1.82, 2.24) is 0 Å². The molecular weight excluding hydrogens is 182 g/mol. The second kappa shape index (κ2) is 4.76. The molecule has 0 saturated heterocycles. The molecule has 0 aliphatic rings. The van der Waals surface area contributed by atoms with Gasteiger partial charge in [-0.2, -0.15) is 0 Å². The molecule has 0 spiro atoms. The summed E-state index contributed by atoms with van der Waals surface area (Å²) < 4.78 is 0. The van der Waals surface area contributed by atoms with E-state index in [-0.39, 0.29) is 6.04 Å². The maximum absolute atomic E-state index is 6.07. The van der Waals surface area contributed by atoms with Gasteiger partial charge in [0.1, 0.15) is 0 Å². The quantitative estimate of drug-likeness (QED) is 0.802. The first-order valence-electron chi connectivity index (χ1n) is 5.07. The third-order valence-corrected chi connectivity index (χ3v) is 2.36. The molecule has 0 heterocycles. The van der Waals surface area contributed by atoms with E-state index in [0.717, 1.165) is 11.1 Å². The molecule has 0 saturated carbocycles. The van der Waals surface area contributed by atoms with Crippen molar-refractivity contribution >= 4 is 0 Å². The first-order chi connectivity index (χ1) is 7.36. The van der Waals surface area contributed by atoms with Gasteiger partial charge in [0.25, 0.3) is 0 Å². The number of hydrogen-bond donors (Lipinski definition) is 1. The average molecular weight is 196 g/mol. The minimum Gasteiger partial charge on any atom is -0.323 e. The Morgan fingerprint density at radius 2 is 1.33 bits per heavy atom. The third kappa shape index (κ3) is 2.67. The van der Waals surface area contributed by atoms with E-state index in [1.54, 1.807) is 0 Å². The Bertz CT molecular complexity index is 394. The van der Waals surface area contributed by atoms with Gasteiger partial charge in [0.15, 0.2) is 0 Å². The Labute approximate surface area is 90.6 Å². The predicted octanol–water partition coefficient (Wildman–Crippen LogP) is 2.94. The molecule has 0 bridgehead atoms. The highest BCUT2D eigenvalue weighted by Gasteiger charge is 2.05. The van der Waals surface area contributed by atoms with Crippen LogP contribution in [0.2, 0.25) is 0 Å². The van der Waals surface area contributed by atoms with E-state index in [4.69, 9.17) is 5.73 Å². The van der Waals surface area contributed by atoms with Crippen LogP contribution in [-0.2, 0) is 0 Å². The summed E-state index contributed by atoms with van der Waals surface area (Å²) in [5.41, 5.74) is 8.37. The van der Waals surface area contributed by atoms with Crippen molar-refractivity contribution in [2.45, 2.75) is 6.04 Å². The van der Waals surface area contributed by atoms with Gasteiger partial charge in [0, 0.05) is 12.5 Å². The summed E-state index contributed by atoms with van der Waals surface area (Å²) in [5, 5.41) is 0. The Morgan fingerprint density at radius 3 is 1.93 bits per heavy atom. The normalized spacial score (nSPS) is 12.3. The minimum atomic E-state index is -0.0337. The van der Waals surface area contributed by atoms with Crippen LogP contribution in [-0.4, -0.2) is 0 Å². The van der Waals surface area contributed by atoms with E-state index in [1.807, 2.05) is 48.5 Å². The SMILES string of the molecule is N[C@H]([CH]c1ccccc1)c1ccccc1. The van der Waals surface area contributed by atoms with Crippen LogP contribution in [0.5, 0.6) is 0 Å². The molecule has 2 rings (SSSR count). The molecule has 1 nitrogen and oxygen atoms in total. The minimum absolute atomic E-state index is 0.0337. The molecule has 0 fully saturated rings. The first-order valence-corrected chi connectivity index (χ1v) is 5.07. The lowest BCUT2D eigenvalue weighted by Crippen LogP contribution is -2.11. The molecule has 1 atom stereocenters. The molecule has 0 aromatic heterocycles. The highest BCUT2D eigenvalue weighted by atomic mass is 14.6. The van der Waals surface area contributed by atoms with Crippen molar-refractivity contribution in [1.29, 1.82) is 0 Å². The number of nitrogens with two attached hydrogens (primary N) is 1. The van der Waals surface area contributed by atoms with E-state index in [0.29, 0.717) is 0 Å². The Kier molecular flexibility index (Phi) is 3.15. The summed E-state index contributed by atoms with van der Waals surface area (Å²) in [4.78, 5) is 0. The fourth-order valence-corrected chi connectivity index (χ4v) is 1.54. The molecule has 1 heteroatoms. The Morgan fingerprint density at radius 1 is 0.800 bits per heavy atom. The van der Waals surface area contributed by atoms with Crippen LogP contribution < -0.4 is 5.73 Å². The van der Waals surface area contributed by atoms with Crippen molar-refractivity contribution in [3.8, 4) is 0 Å². The fraction of sp³-hybridized carbons (Fsp3) is 0.0714. The molecule has 0 amide bonds. The molecule has 15 heavy (non-hydrogen) atoms. The van der Waals surface area contributed by atoms with Crippen LogP contribution in [0, 0.1) is 6.42 Å². The van der Waals surface area contributed by atoms with Gasteiger partial charge in [0.05, 0.1) is 0 Å². The zero-order chi connectivity index (χ0) is 10.5. The zero-order valence-corrected chi connectivity index (χ0v) is 8.51. The number of rotatable bonds is 3. The summed E-state index contributed by atoms with van der Waals surface area (Å²) in [6.07, 6.45) is 2.06. The predicted molar refractivity (Wildman–Crippen MR) is 63.2 cm³/mol. The summed E-state index contributed by atoms with van der Waals surface area (Å²) in [7, 11) is 0. The second-order valence-corrected chi connectivity index (χ2v) is 3.51. The molecule has 1 radical (unpaired) electrons. The highest BCUT2D eigenvalue weighted by Crippen LogP contribution is 2.17. The molecule has 0 unspecified atom stereocenters. The Balaban J connectivity index is 2.08. The van der Waals surface area contributed by atoms with Crippen LogP contribution >= 0.6 is 0 Å². The van der Waals surface area contributed by atoms with Gasteiger partial charge in [-0.05, 0) is 11.1 Å². The lowest BCUT2D eigenvalue weighted by molar-refractivity contribution is 0.855. The van der Waals surface area contributed by atoms with Gasteiger partial charge < -0.3 is 5.73 Å². The van der Waals surface area contributed by atoms with Crippen molar-refractivity contribution in [3.63, 3.8) is 0 Å². The fourth-order valence-electron chi connectivity index (χ4n) is 1.54. The van der Waals surface area contributed by atoms with Gasteiger partial charge >= 0.3 is 0 Å². The molecular formula is C14H14N. The van der Waals surface area contributed by atoms with Crippen molar-refractivity contribution < 1.29 is 0 Å². The van der Waals surface area contributed by atoms with Gasteiger partial charge in [-0.15, -0.1) is 0 Å². The van der Waals surface area contributed by atoms with Gasteiger partial charge in [0.2, 0.25) is 0 Å². The van der Waals surface area contributed by atoms with Crippen molar-refractivity contribution in [3.05, 3.63) is 78.2 Å². The molecule has 2 aromatic carbocycles. The smallest absolute Gasteiger partial charge is 0.0371 e. The van der Waals surface area contributed by atoms with E-state index < -0.39 is 0 Å². The summed E-state index contributed by atoms with van der Waals surface area (Å²) in [6, 6.07) is 20.2.